The fraction of sp³-hybridized carbons (Fsp3) is 0.565. The number of nitrogens with two attached hydrogens (primary N) is 1. The molecule has 190 valence electrons. The summed E-state index contributed by atoms with van der Waals surface area (Å²) in [6.45, 7) is 2.39. The molecule has 12 heteroatoms. The number of nitrogens with zero attached hydrogens (tertiary/aromatic N) is 5. The number of hydrogen-bond donors (Lipinski definition) is 3. The van der Waals surface area contributed by atoms with E-state index in [9.17, 15) is 18.7 Å². The summed E-state index contributed by atoms with van der Waals surface area (Å²) >= 11 is 0. The maximum Gasteiger partial charge on any atom is 0.286 e. The minimum absolute atomic E-state index is 0.0338. The lowest BCUT2D eigenvalue weighted by atomic mass is 9.93. The maximum atomic E-state index is 15.4. The second-order valence-electron chi connectivity index (χ2n) is 9.36. The summed E-state index contributed by atoms with van der Waals surface area (Å²) in [7, 11) is 0. The van der Waals surface area contributed by atoms with Crippen LogP contribution < -0.4 is 16.0 Å². The summed E-state index contributed by atoms with van der Waals surface area (Å²) in [5.41, 5.74) is 5.57. The third kappa shape index (κ3) is 6.37. The molecule has 1 aliphatic heterocycles. The minimum atomic E-state index is -3.03. The SMILES string of the molecule is CC(F)(F)c1ccc(CN(c2ncnc(NCC3CCN(CC(N)=O)CC3O)c2F)C2CC2)cn1. The highest BCUT2D eigenvalue weighted by molar-refractivity contribution is 5.75. The summed E-state index contributed by atoms with van der Waals surface area (Å²) in [5, 5.41) is 13.4. The fourth-order valence-corrected chi connectivity index (χ4v) is 4.30. The van der Waals surface area contributed by atoms with Gasteiger partial charge >= 0.3 is 0 Å². The van der Waals surface area contributed by atoms with Gasteiger partial charge in [-0.3, -0.25) is 14.7 Å². The van der Waals surface area contributed by atoms with E-state index in [0.717, 1.165) is 19.8 Å². The molecule has 0 spiro atoms. The first-order valence-electron chi connectivity index (χ1n) is 11.6. The molecule has 2 aromatic heterocycles. The van der Waals surface area contributed by atoms with E-state index >= 15 is 4.39 Å². The summed E-state index contributed by atoms with van der Waals surface area (Å²) in [4.78, 5) is 26.8. The normalized spacial score (nSPS) is 21.1. The number of β-amino-alcohol motifs (C(OH)–C–C–N with tert-alkyl or cyclic N) is 1. The standard InChI is InChI=1S/C23H30F3N7O2/c1-23(25,26)18-5-2-14(8-28-18)10-33(16-3-4-16)22-20(24)21(30-13-31-22)29-9-15-6-7-32(11-17(15)34)12-19(27)35/h2,5,8,13,15-17,34H,3-4,6-7,9-12H2,1H3,(H2,27,35)(H,29,30,31). The molecule has 0 radical (unpaired) electrons. The Labute approximate surface area is 201 Å². The molecule has 0 bridgehead atoms. The van der Waals surface area contributed by atoms with Crippen molar-refractivity contribution >= 4 is 17.5 Å². The van der Waals surface area contributed by atoms with Crippen LogP contribution in [-0.2, 0) is 17.3 Å². The molecule has 2 atom stereocenters. The molecule has 2 unspecified atom stereocenters. The molecule has 1 amide bonds. The van der Waals surface area contributed by atoms with Gasteiger partial charge in [0.05, 0.1) is 12.6 Å². The van der Waals surface area contributed by atoms with Gasteiger partial charge in [0.2, 0.25) is 11.7 Å². The van der Waals surface area contributed by atoms with Crippen LogP contribution in [0.1, 0.15) is 37.4 Å². The number of hydrogen-bond acceptors (Lipinski definition) is 8. The molecule has 3 heterocycles. The first-order chi connectivity index (χ1) is 16.6. The Morgan fingerprint density at radius 1 is 1.29 bits per heavy atom. The van der Waals surface area contributed by atoms with E-state index in [1.54, 1.807) is 15.9 Å². The number of rotatable bonds is 10. The number of halogens is 3. The Morgan fingerprint density at radius 2 is 2.06 bits per heavy atom. The van der Waals surface area contributed by atoms with Crippen LogP contribution in [-0.4, -0.2) is 69.2 Å². The number of carbonyl (C=O) groups is 1. The first-order valence-corrected chi connectivity index (χ1v) is 11.6. The van der Waals surface area contributed by atoms with Gasteiger partial charge in [0, 0.05) is 44.7 Å². The van der Waals surface area contributed by atoms with Crippen molar-refractivity contribution in [1.29, 1.82) is 0 Å². The van der Waals surface area contributed by atoms with E-state index in [0.29, 0.717) is 31.6 Å². The number of aliphatic hydroxyl groups is 1. The van der Waals surface area contributed by atoms with Crippen molar-refractivity contribution in [3.05, 3.63) is 41.7 Å². The van der Waals surface area contributed by atoms with Crippen LogP contribution in [0.5, 0.6) is 0 Å². The first kappa shape index (κ1) is 25.1. The third-order valence-electron chi connectivity index (χ3n) is 6.37. The van der Waals surface area contributed by atoms with Gasteiger partial charge in [0.1, 0.15) is 12.0 Å². The monoisotopic (exact) mass is 493 g/mol. The Balaban J connectivity index is 1.42. The van der Waals surface area contributed by atoms with Crippen molar-refractivity contribution in [2.45, 2.75) is 50.8 Å². The number of anilines is 2. The molecule has 9 nitrogen and oxygen atoms in total. The van der Waals surface area contributed by atoms with Gasteiger partial charge in [0.25, 0.3) is 5.92 Å². The van der Waals surface area contributed by atoms with Crippen LogP contribution >= 0.6 is 0 Å². The summed E-state index contributed by atoms with van der Waals surface area (Å²) in [5.74, 6) is -4.06. The average molecular weight is 494 g/mol. The topological polar surface area (TPSA) is 120 Å². The predicted octanol–water partition coefficient (Wildman–Crippen LogP) is 1.87. The van der Waals surface area contributed by atoms with E-state index < -0.39 is 23.8 Å². The van der Waals surface area contributed by atoms with Crippen LogP contribution in [0.3, 0.4) is 0 Å². The molecule has 0 aromatic carbocycles. The molecule has 1 saturated heterocycles. The quantitative estimate of drug-likeness (QED) is 0.459. The average Bonchev–Trinajstić information content (AvgIpc) is 3.63. The number of piperidine rings is 1. The highest BCUT2D eigenvalue weighted by Crippen LogP contribution is 2.35. The molecule has 4 N–H and O–H groups in total. The van der Waals surface area contributed by atoms with Gasteiger partial charge in [-0.25, -0.2) is 9.97 Å². The molecule has 2 aliphatic rings. The fourth-order valence-electron chi connectivity index (χ4n) is 4.30. The van der Waals surface area contributed by atoms with E-state index in [4.69, 9.17) is 5.73 Å². The van der Waals surface area contributed by atoms with Gasteiger partial charge in [-0.05, 0) is 37.4 Å². The molecular formula is C23H30F3N7O2. The minimum Gasteiger partial charge on any atom is -0.391 e. The zero-order valence-electron chi connectivity index (χ0n) is 19.5. The number of likely N-dealkylation sites (tertiary alicyclic amines) is 1. The van der Waals surface area contributed by atoms with Gasteiger partial charge < -0.3 is 21.1 Å². The van der Waals surface area contributed by atoms with E-state index in [-0.39, 0.29) is 42.4 Å². The van der Waals surface area contributed by atoms with Crippen molar-refractivity contribution in [3.8, 4) is 0 Å². The lowest BCUT2D eigenvalue weighted by molar-refractivity contribution is -0.120. The summed E-state index contributed by atoms with van der Waals surface area (Å²) in [6.07, 6.45) is 4.35. The van der Waals surface area contributed by atoms with E-state index in [1.165, 1.54) is 18.6 Å². The molecular weight excluding hydrogens is 463 g/mol. The van der Waals surface area contributed by atoms with Gasteiger partial charge in [-0.15, -0.1) is 0 Å². The second kappa shape index (κ2) is 10.3. The van der Waals surface area contributed by atoms with Crippen molar-refractivity contribution in [3.63, 3.8) is 0 Å². The largest absolute Gasteiger partial charge is 0.391 e. The third-order valence-corrected chi connectivity index (χ3v) is 6.37. The van der Waals surface area contributed by atoms with Gasteiger partial charge in [0.15, 0.2) is 11.6 Å². The highest BCUT2D eigenvalue weighted by Gasteiger charge is 2.34. The van der Waals surface area contributed by atoms with Crippen LogP contribution in [0.15, 0.2) is 24.7 Å². The maximum absolute atomic E-state index is 15.4. The van der Waals surface area contributed by atoms with Crippen LogP contribution in [0.4, 0.5) is 24.8 Å². The molecule has 4 rings (SSSR count). The number of carbonyl (C=O) groups excluding carboxylic acids is 1. The summed E-state index contributed by atoms with van der Waals surface area (Å²) in [6, 6.07) is 2.94. The van der Waals surface area contributed by atoms with Crippen molar-refractivity contribution in [2.75, 3.05) is 36.4 Å². The van der Waals surface area contributed by atoms with Crippen LogP contribution in [0.2, 0.25) is 0 Å². The lowest BCUT2D eigenvalue weighted by Crippen LogP contribution is -2.48. The van der Waals surface area contributed by atoms with Gasteiger partial charge in [-0.2, -0.15) is 13.2 Å². The number of primary amides is 1. The van der Waals surface area contributed by atoms with Crippen LogP contribution in [0, 0.1) is 11.7 Å². The van der Waals surface area contributed by atoms with Crippen molar-refractivity contribution in [1.82, 2.24) is 19.9 Å². The zero-order chi connectivity index (χ0) is 25.2. The smallest absolute Gasteiger partial charge is 0.286 e. The number of alkyl halides is 2. The Morgan fingerprint density at radius 3 is 2.66 bits per heavy atom. The molecule has 2 fully saturated rings. The molecule has 35 heavy (non-hydrogen) atoms. The number of nitrogens with one attached hydrogen (secondary N) is 1. The van der Waals surface area contributed by atoms with Crippen molar-refractivity contribution in [2.24, 2.45) is 11.7 Å². The summed E-state index contributed by atoms with van der Waals surface area (Å²) < 4.78 is 42.4. The number of amides is 1. The van der Waals surface area contributed by atoms with Gasteiger partial charge in [-0.1, -0.05) is 6.07 Å². The second-order valence-corrected chi connectivity index (χ2v) is 9.36. The molecule has 2 aromatic rings. The molecule has 1 saturated carbocycles. The predicted molar refractivity (Wildman–Crippen MR) is 123 cm³/mol. The van der Waals surface area contributed by atoms with E-state index in [1.807, 2.05) is 0 Å². The Hall–Kier alpha value is -2.99. The number of pyridine rings is 1. The lowest BCUT2D eigenvalue weighted by Gasteiger charge is -2.35. The Kier molecular flexibility index (Phi) is 7.41. The number of aliphatic hydroxyl groups excluding tert-OH is 1. The van der Waals surface area contributed by atoms with E-state index in [2.05, 4.69) is 20.3 Å². The Bertz CT molecular complexity index is 1030. The number of aromatic nitrogens is 3. The van der Waals surface area contributed by atoms with Crippen LogP contribution in [0.25, 0.3) is 0 Å². The van der Waals surface area contributed by atoms with Crippen molar-refractivity contribution < 1.29 is 23.1 Å². The molecule has 1 aliphatic carbocycles. The zero-order valence-corrected chi connectivity index (χ0v) is 19.5. The highest BCUT2D eigenvalue weighted by atomic mass is 19.3.